The summed E-state index contributed by atoms with van der Waals surface area (Å²) in [5.41, 5.74) is -0.443. The average Bonchev–Trinajstić information content (AvgIpc) is 2.47. The Morgan fingerprint density at radius 2 is 1.52 bits per heavy atom. The Kier molecular flexibility index (Phi) is 5.23. The Morgan fingerprint density at radius 3 is 2.13 bits per heavy atom. The predicted octanol–water partition coefficient (Wildman–Crippen LogP) is 3.72. The number of rotatable bonds is 4. The van der Waals surface area contributed by atoms with E-state index < -0.39 is 41.4 Å². The van der Waals surface area contributed by atoms with Crippen molar-refractivity contribution in [3.05, 3.63) is 58.9 Å². The zero-order chi connectivity index (χ0) is 17.0. The fraction of sp³-hybridized carbons (Fsp3) is 0.0667. The first-order valence-electron chi connectivity index (χ1n) is 6.35. The molecule has 0 heterocycles. The third-order valence-corrected chi connectivity index (χ3v) is 3.04. The molecule has 0 unspecified atom stereocenters. The summed E-state index contributed by atoms with van der Waals surface area (Å²) in [6.07, 6.45) is -0.678. The van der Waals surface area contributed by atoms with Crippen LogP contribution in [0.1, 0.15) is 6.42 Å². The minimum absolute atomic E-state index is 0.186. The molecule has 2 aromatic carbocycles. The fourth-order valence-corrected chi connectivity index (χ4v) is 1.91. The van der Waals surface area contributed by atoms with Gasteiger partial charge in [-0.2, -0.15) is 0 Å². The molecule has 0 bridgehead atoms. The Bertz CT molecular complexity index is 748. The lowest BCUT2D eigenvalue weighted by atomic mass is 10.2. The summed E-state index contributed by atoms with van der Waals surface area (Å²) in [5.74, 6) is -4.22. The van der Waals surface area contributed by atoms with Gasteiger partial charge >= 0.3 is 0 Å². The van der Waals surface area contributed by atoms with Gasteiger partial charge in [0.15, 0.2) is 0 Å². The van der Waals surface area contributed by atoms with Crippen LogP contribution in [-0.4, -0.2) is 11.8 Å². The van der Waals surface area contributed by atoms with Crippen LogP contribution in [0, 0.1) is 17.5 Å². The van der Waals surface area contributed by atoms with Gasteiger partial charge in [-0.1, -0.05) is 17.7 Å². The van der Waals surface area contributed by atoms with Crippen molar-refractivity contribution in [1.29, 1.82) is 0 Å². The molecule has 0 fully saturated rings. The molecule has 0 aliphatic heterocycles. The second kappa shape index (κ2) is 7.15. The van der Waals surface area contributed by atoms with E-state index in [-0.39, 0.29) is 10.7 Å². The van der Waals surface area contributed by atoms with Gasteiger partial charge in [-0.25, -0.2) is 13.2 Å². The van der Waals surface area contributed by atoms with E-state index >= 15 is 0 Å². The zero-order valence-corrected chi connectivity index (χ0v) is 12.3. The summed E-state index contributed by atoms with van der Waals surface area (Å²) < 4.78 is 39.7. The van der Waals surface area contributed by atoms with E-state index in [0.717, 1.165) is 24.3 Å². The van der Waals surface area contributed by atoms with Crippen LogP contribution in [0.4, 0.5) is 24.5 Å². The van der Waals surface area contributed by atoms with Crippen LogP contribution in [0.15, 0.2) is 36.4 Å². The van der Waals surface area contributed by atoms with Crippen LogP contribution in [0.5, 0.6) is 0 Å². The maximum atomic E-state index is 13.4. The molecule has 4 nitrogen and oxygen atoms in total. The molecule has 2 rings (SSSR count). The van der Waals surface area contributed by atoms with Gasteiger partial charge in [0.2, 0.25) is 11.8 Å². The first-order valence-corrected chi connectivity index (χ1v) is 6.73. The van der Waals surface area contributed by atoms with Gasteiger partial charge in [0.1, 0.15) is 29.6 Å². The fourth-order valence-electron chi connectivity index (χ4n) is 1.73. The van der Waals surface area contributed by atoms with Crippen LogP contribution in [-0.2, 0) is 9.59 Å². The number of anilines is 2. The second-order valence-electron chi connectivity index (χ2n) is 4.50. The van der Waals surface area contributed by atoms with Crippen molar-refractivity contribution in [1.82, 2.24) is 0 Å². The number of halogens is 4. The topological polar surface area (TPSA) is 58.2 Å². The van der Waals surface area contributed by atoms with Crippen LogP contribution < -0.4 is 10.6 Å². The normalized spacial score (nSPS) is 10.3. The maximum Gasteiger partial charge on any atom is 0.233 e. The zero-order valence-electron chi connectivity index (χ0n) is 11.5. The van der Waals surface area contributed by atoms with Crippen LogP contribution >= 0.6 is 11.6 Å². The quantitative estimate of drug-likeness (QED) is 0.832. The van der Waals surface area contributed by atoms with Crippen molar-refractivity contribution in [3.8, 4) is 0 Å². The SMILES string of the molecule is O=C(CC(=O)Nc1c(F)cccc1F)Nc1ccc(F)c(Cl)c1. The van der Waals surface area contributed by atoms with E-state index in [9.17, 15) is 22.8 Å². The first kappa shape index (κ1) is 16.8. The van der Waals surface area contributed by atoms with E-state index in [2.05, 4.69) is 5.32 Å². The van der Waals surface area contributed by atoms with Crippen molar-refractivity contribution >= 4 is 34.8 Å². The number of hydrogen-bond acceptors (Lipinski definition) is 2. The standard InChI is InChI=1S/C15H10ClF3N2O2/c16-9-6-8(4-5-10(9)17)20-13(22)7-14(23)21-15-11(18)2-1-3-12(15)19/h1-6H,7H2,(H,20,22)(H,21,23). The molecule has 0 aromatic heterocycles. The molecule has 0 atom stereocenters. The second-order valence-corrected chi connectivity index (χ2v) is 4.91. The summed E-state index contributed by atoms with van der Waals surface area (Å²) in [4.78, 5) is 23.3. The highest BCUT2D eigenvalue weighted by atomic mass is 35.5. The molecule has 2 N–H and O–H groups in total. The highest BCUT2D eigenvalue weighted by Gasteiger charge is 2.15. The van der Waals surface area contributed by atoms with Crippen molar-refractivity contribution in [2.45, 2.75) is 6.42 Å². The van der Waals surface area contributed by atoms with Gasteiger partial charge < -0.3 is 10.6 Å². The highest BCUT2D eigenvalue weighted by Crippen LogP contribution is 2.20. The minimum atomic E-state index is -0.955. The summed E-state index contributed by atoms with van der Waals surface area (Å²) in [5, 5.41) is 4.10. The first-order chi connectivity index (χ1) is 10.9. The monoisotopic (exact) mass is 342 g/mol. The molecule has 2 aromatic rings. The number of carbonyl (C=O) groups is 2. The molecule has 0 aliphatic rings. The predicted molar refractivity (Wildman–Crippen MR) is 79.6 cm³/mol. The number of hydrogen-bond donors (Lipinski definition) is 2. The number of amides is 2. The van der Waals surface area contributed by atoms with Crippen molar-refractivity contribution < 1.29 is 22.8 Å². The maximum absolute atomic E-state index is 13.4. The lowest BCUT2D eigenvalue weighted by Gasteiger charge is -2.08. The molecule has 120 valence electrons. The Hall–Kier alpha value is -2.54. The summed E-state index contributed by atoms with van der Waals surface area (Å²) in [6, 6.07) is 6.56. The van der Waals surface area contributed by atoms with Gasteiger partial charge in [0, 0.05) is 5.69 Å². The number of benzene rings is 2. The Balaban J connectivity index is 1.97. The third-order valence-electron chi connectivity index (χ3n) is 2.75. The average molecular weight is 343 g/mol. The molecule has 8 heteroatoms. The van der Waals surface area contributed by atoms with Crippen molar-refractivity contribution in [2.75, 3.05) is 10.6 Å². The van der Waals surface area contributed by atoms with Crippen LogP contribution in [0.2, 0.25) is 5.02 Å². The van der Waals surface area contributed by atoms with Crippen LogP contribution in [0.3, 0.4) is 0 Å². The van der Waals surface area contributed by atoms with Gasteiger partial charge in [-0.15, -0.1) is 0 Å². The van der Waals surface area contributed by atoms with Gasteiger partial charge in [0.25, 0.3) is 0 Å². The lowest BCUT2D eigenvalue weighted by molar-refractivity contribution is -0.123. The summed E-state index contributed by atoms with van der Waals surface area (Å²) in [7, 11) is 0. The van der Waals surface area contributed by atoms with E-state index in [0.29, 0.717) is 0 Å². The molecule has 0 radical (unpaired) electrons. The Labute approximate surface area is 134 Å². The molecule has 2 amide bonds. The smallest absolute Gasteiger partial charge is 0.233 e. The van der Waals surface area contributed by atoms with Crippen molar-refractivity contribution in [2.24, 2.45) is 0 Å². The molecule has 0 saturated carbocycles. The van der Waals surface area contributed by atoms with E-state index in [1.54, 1.807) is 0 Å². The molecule has 0 spiro atoms. The van der Waals surface area contributed by atoms with E-state index in [1.807, 2.05) is 5.32 Å². The third kappa shape index (κ3) is 4.46. The molecular formula is C15H10ClF3N2O2. The molecular weight excluding hydrogens is 333 g/mol. The summed E-state index contributed by atoms with van der Waals surface area (Å²) >= 11 is 5.56. The van der Waals surface area contributed by atoms with Crippen LogP contribution in [0.25, 0.3) is 0 Å². The minimum Gasteiger partial charge on any atom is -0.326 e. The molecule has 0 aliphatic carbocycles. The Morgan fingerprint density at radius 1 is 0.913 bits per heavy atom. The largest absolute Gasteiger partial charge is 0.326 e. The van der Waals surface area contributed by atoms with E-state index in [1.165, 1.54) is 12.1 Å². The van der Waals surface area contributed by atoms with Gasteiger partial charge in [0.05, 0.1) is 5.02 Å². The van der Waals surface area contributed by atoms with Gasteiger partial charge in [-0.05, 0) is 30.3 Å². The number of para-hydroxylation sites is 1. The summed E-state index contributed by atoms with van der Waals surface area (Å²) in [6.45, 7) is 0. The molecule has 23 heavy (non-hydrogen) atoms. The number of carbonyl (C=O) groups excluding carboxylic acids is 2. The van der Waals surface area contributed by atoms with Gasteiger partial charge in [-0.3, -0.25) is 9.59 Å². The van der Waals surface area contributed by atoms with E-state index in [4.69, 9.17) is 11.6 Å². The number of nitrogens with one attached hydrogen (secondary N) is 2. The van der Waals surface area contributed by atoms with Crippen molar-refractivity contribution in [3.63, 3.8) is 0 Å². The highest BCUT2D eigenvalue weighted by molar-refractivity contribution is 6.31. The lowest BCUT2D eigenvalue weighted by Crippen LogP contribution is -2.22. The molecule has 0 saturated heterocycles.